The summed E-state index contributed by atoms with van der Waals surface area (Å²) in [5.74, 6) is -0.391. The molecule has 0 radical (unpaired) electrons. The van der Waals surface area contributed by atoms with E-state index in [-0.39, 0.29) is 29.4 Å². The second kappa shape index (κ2) is 7.93. The number of carbonyl (C=O) groups is 1. The molecule has 1 unspecified atom stereocenters. The van der Waals surface area contributed by atoms with Crippen LogP contribution >= 0.6 is 0 Å². The number of nitrogens with one attached hydrogen (secondary N) is 1. The number of hydrogen-bond acceptors (Lipinski definition) is 4. The molecule has 3 N–H and O–H groups in total. The molecule has 1 saturated carbocycles. The molecule has 0 saturated heterocycles. The maximum atomic E-state index is 12.5. The highest BCUT2D eigenvalue weighted by molar-refractivity contribution is 7.91. The fourth-order valence-electron chi connectivity index (χ4n) is 2.89. The Labute approximate surface area is 138 Å². The Morgan fingerprint density at radius 3 is 2.65 bits per heavy atom. The SMILES string of the molecule is CC(CN)C(=O)Nc1cccc(CS(=O)(=O)C2CCCCC2)c1. The molecule has 6 heteroatoms. The number of hydrogen-bond donors (Lipinski definition) is 2. The Morgan fingerprint density at radius 2 is 2.00 bits per heavy atom. The van der Waals surface area contributed by atoms with Crippen LogP contribution in [0.3, 0.4) is 0 Å². The Kier molecular flexibility index (Phi) is 6.18. The molecule has 0 heterocycles. The molecule has 0 bridgehead atoms. The number of anilines is 1. The highest BCUT2D eigenvalue weighted by atomic mass is 32.2. The molecule has 1 aromatic carbocycles. The lowest BCUT2D eigenvalue weighted by atomic mass is 10.0. The zero-order valence-electron chi connectivity index (χ0n) is 13.6. The molecule has 128 valence electrons. The summed E-state index contributed by atoms with van der Waals surface area (Å²) in [6, 6.07) is 7.07. The van der Waals surface area contributed by atoms with Crippen LogP contribution in [0.15, 0.2) is 24.3 Å². The summed E-state index contributed by atoms with van der Waals surface area (Å²) in [6.07, 6.45) is 4.67. The van der Waals surface area contributed by atoms with Gasteiger partial charge in [-0.05, 0) is 30.5 Å². The van der Waals surface area contributed by atoms with Gasteiger partial charge in [0.15, 0.2) is 9.84 Å². The third-order valence-corrected chi connectivity index (χ3v) is 6.65. The Hall–Kier alpha value is -1.40. The monoisotopic (exact) mass is 338 g/mol. The average Bonchev–Trinajstić information content (AvgIpc) is 2.54. The number of carbonyl (C=O) groups excluding carboxylic acids is 1. The van der Waals surface area contributed by atoms with Gasteiger partial charge in [-0.3, -0.25) is 4.79 Å². The molecule has 0 spiro atoms. The third-order valence-electron chi connectivity index (χ3n) is 4.42. The van der Waals surface area contributed by atoms with Gasteiger partial charge in [-0.15, -0.1) is 0 Å². The van der Waals surface area contributed by atoms with Crippen molar-refractivity contribution in [1.29, 1.82) is 0 Å². The van der Waals surface area contributed by atoms with Crippen molar-refractivity contribution in [3.8, 4) is 0 Å². The van der Waals surface area contributed by atoms with Crippen LogP contribution in [-0.4, -0.2) is 26.1 Å². The second-order valence-electron chi connectivity index (χ2n) is 6.39. The topological polar surface area (TPSA) is 89.3 Å². The molecule has 1 atom stereocenters. The lowest BCUT2D eigenvalue weighted by Crippen LogP contribution is -2.27. The standard InChI is InChI=1S/C17H26N2O3S/c1-13(11-18)17(20)19-15-7-5-6-14(10-15)12-23(21,22)16-8-3-2-4-9-16/h5-7,10,13,16H,2-4,8-9,11-12,18H2,1H3,(H,19,20). The molecule has 23 heavy (non-hydrogen) atoms. The zero-order chi connectivity index (χ0) is 16.9. The first-order valence-electron chi connectivity index (χ1n) is 8.24. The molecule has 2 rings (SSSR count). The predicted octanol–water partition coefficient (Wildman–Crippen LogP) is 2.47. The van der Waals surface area contributed by atoms with E-state index in [4.69, 9.17) is 5.73 Å². The normalized spacial score (nSPS) is 17.7. The number of rotatable bonds is 6. The van der Waals surface area contributed by atoms with Crippen LogP contribution in [0.1, 0.15) is 44.6 Å². The lowest BCUT2D eigenvalue weighted by molar-refractivity contribution is -0.119. The van der Waals surface area contributed by atoms with E-state index in [1.807, 2.05) is 0 Å². The molecular formula is C17H26N2O3S. The molecule has 1 amide bonds. The van der Waals surface area contributed by atoms with Crippen molar-refractivity contribution in [2.24, 2.45) is 11.7 Å². The fraction of sp³-hybridized carbons (Fsp3) is 0.588. The van der Waals surface area contributed by atoms with Gasteiger partial charge in [0.1, 0.15) is 0 Å². The Balaban J connectivity index is 2.06. The number of amides is 1. The summed E-state index contributed by atoms with van der Waals surface area (Å²) >= 11 is 0. The smallest absolute Gasteiger partial charge is 0.228 e. The third kappa shape index (κ3) is 5.04. The Morgan fingerprint density at radius 1 is 1.30 bits per heavy atom. The van der Waals surface area contributed by atoms with E-state index < -0.39 is 9.84 Å². The van der Waals surface area contributed by atoms with Crippen LogP contribution < -0.4 is 11.1 Å². The maximum absolute atomic E-state index is 12.5. The highest BCUT2D eigenvalue weighted by Crippen LogP contribution is 2.26. The predicted molar refractivity (Wildman–Crippen MR) is 92.8 cm³/mol. The first kappa shape index (κ1) is 17.9. The second-order valence-corrected chi connectivity index (χ2v) is 8.67. The minimum atomic E-state index is -3.14. The van der Waals surface area contributed by atoms with Gasteiger partial charge in [0.25, 0.3) is 0 Å². The van der Waals surface area contributed by atoms with E-state index in [1.165, 1.54) is 0 Å². The van der Waals surface area contributed by atoms with Gasteiger partial charge in [0.05, 0.1) is 11.0 Å². The lowest BCUT2D eigenvalue weighted by Gasteiger charge is -2.21. The molecule has 1 aliphatic carbocycles. The molecule has 1 aliphatic rings. The van der Waals surface area contributed by atoms with Crippen LogP contribution in [-0.2, 0) is 20.4 Å². The Bertz CT molecular complexity index is 637. The number of nitrogens with two attached hydrogens (primary N) is 1. The minimum absolute atomic E-state index is 0.0355. The van der Waals surface area contributed by atoms with Gasteiger partial charge in [0, 0.05) is 18.2 Å². The van der Waals surface area contributed by atoms with Crippen LogP contribution in [0.2, 0.25) is 0 Å². The van der Waals surface area contributed by atoms with Gasteiger partial charge in [-0.2, -0.15) is 0 Å². The van der Waals surface area contributed by atoms with E-state index in [1.54, 1.807) is 31.2 Å². The van der Waals surface area contributed by atoms with Crippen molar-refractivity contribution in [2.45, 2.75) is 50.0 Å². The molecule has 1 aromatic rings. The van der Waals surface area contributed by atoms with Crippen LogP contribution in [0, 0.1) is 5.92 Å². The van der Waals surface area contributed by atoms with Gasteiger partial charge in [0.2, 0.25) is 5.91 Å². The van der Waals surface area contributed by atoms with E-state index in [2.05, 4.69) is 5.32 Å². The van der Waals surface area contributed by atoms with Crippen molar-refractivity contribution >= 4 is 21.4 Å². The van der Waals surface area contributed by atoms with Crippen molar-refractivity contribution < 1.29 is 13.2 Å². The van der Waals surface area contributed by atoms with Crippen LogP contribution in [0.4, 0.5) is 5.69 Å². The first-order chi connectivity index (χ1) is 10.9. The summed E-state index contributed by atoms with van der Waals surface area (Å²) in [5.41, 5.74) is 6.82. The van der Waals surface area contributed by atoms with Gasteiger partial charge in [-0.25, -0.2) is 8.42 Å². The summed E-state index contributed by atoms with van der Waals surface area (Å²) in [6.45, 7) is 2.04. The molecular weight excluding hydrogens is 312 g/mol. The number of benzene rings is 1. The van der Waals surface area contributed by atoms with Crippen LogP contribution in [0.25, 0.3) is 0 Å². The van der Waals surface area contributed by atoms with Crippen molar-refractivity contribution in [3.05, 3.63) is 29.8 Å². The number of sulfone groups is 1. The minimum Gasteiger partial charge on any atom is -0.330 e. The van der Waals surface area contributed by atoms with Crippen molar-refractivity contribution in [2.75, 3.05) is 11.9 Å². The van der Waals surface area contributed by atoms with Gasteiger partial charge >= 0.3 is 0 Å². The van der Waals surface area contributed by atoms with E-state index in [0.717, 1.165) is 32.1 Å². The maximum Gasteiger partial charge on any atom is 0.228 e. The average molecular weight is 338 g/mol. The van der Waals surface area contributed by atoms with E-state index in [0.29, 0.717) is 11.3 Å². The van der Waals surface area contributed by atoms with E-state index in [9.17, 15) is 13.2 Å². The van der Waals surface area contributed by atoms with Crippen LogP contribution in [0.5, 0.6) is 0 Å². The summed E-state index contributed by atoms with van der Waals surface area (Å²) < 4.78 is 25.1. The van der Waals surface area contributed by atoms with E-state index >= 15 is 0 Å². The quantitative estimate of drug-likeness (QED) is 0.834. The van der Waals surface area contributed by atoms with Gasteiger partial charge < -0.3 is 11.1 Å². The summed E-state index contributed by atoms with van der Waals surface area (Å²) in [7, 11) is -3.14. The molecule has 1 fully saturated rings. The largest absolute Gasteiger partial charge is 0.330 e. The first-order valence-corrected chi connectivity index (χ1v) is 9.95. The highest BCUT2D eigenvalue weighted by Gasteiger charge is 2.27. The summed E-state index contributed by atoms with van der Waals surface area (Å²) in [5, 5.41) is 2.57. The fourth-order valence-corrected chi connectivity index (χ4v) is 4.82. The van der Waals surface area contributed by atoms with Crippen molar-refractivity contribution in [1.82, 2.24) is 0 Å². The molecule has 0 aromatic heterocycles. The van der Waals surface area contributed by atoms with Crippen molar-refractivity contribution in [3.63, 3.8) is 0 Å². The summed E-state index contributed by atoms with van der Waals surface area (Å²) in [4.78, 5) is 11.9. The molecule has 5 nitrogen and oxygen atoms in total. The molecule has 0 aliphatic heterocycles. The van der Waals surface area contributed by atoms with Gasteiger partial charge in [-0.1, -0.05) is 38.3 Å². The zero-order valence-corrected chi connectivity index (χ0v) is 14.4.